The predicted molar refractivity (Wildman–Crippen MR) is 58.5 cm³/mol. The van der Waals surface area contributed by atoms with Crippen molar-refractivity contribution >= 4 is 5.97 Å². The van der Waals surface area contributed by atoms with Gasteiger partial charge in [-0.25, -0.2) is 0 Å². The number of rotatable bonds is 2. The fourth-order valence-electron chi connectivity index (χ4n) is 2.65. The van der Waals surface area contributed by atoms with Gasteiger partial charge in [-0.05, 0) is 38.6 Å². The summed E-state index contributed by atoms with van der Waals surface area (Å²) in [6.07, 6.45) is 10.2. The Morgan fingerprint density at radius 2 is 2.27 bits per heavy atom. The Morgan fingerprint density at radius 1 is 1.40 bits per heavy atom. The SMILES string of the molecule is COC(=O)C1CCCN1C1C=CCCC1. The number of carbonyl (C=O) groups excluding carboxylic acids is 1. The molecule has 1 aliphatic heterocycles. The van der Waals surface area contributed by atoms with Crippen molar-refractivity contribution < 1.29 is 9.53 Å². The normalized spacial score (nSPS) is 31.8. The Morgan fingerprint density at radius 3 is 2.93 bits per heavy atom. The summed E-state index contributed by atoms with van der Waals surface area (Å²) in [5, 5.41) is 0. The van der Waals surface area contributed by atoms with Gasteiger partial charge in [-0.3, -0.25) is 9.69 Å². The fourth-order valence-corrected chi connectivity index (χ4v) is 2.65. The van der Waals surface area contributed by atoms with Crippen LogP contribution in [0.25, 0.3) is 0 Å². The third-order valence-corrected chi connectivity index (χ3v) is 3.42. The molecule has 2 unspecified atom stereocenters. The first-order valence-corrected chi connectivity index (χ1v) is 5.83. The molecule has 2 rings (SSSR count). The summed E-state index contributed by atoms with van der Waals surface area (Å²) in [7, 11) is 1.48. The van der Waals surface area contributed by atoms with Gasteiger partial charge in [-0.2, -0.15) is 0 Å². The van der Waals surface area contributed by atoms with Crippen LogP contribution in [0.5, 0.6) is 0 Å². The minimum atomic E-state index is -0.0635. The third kappa shape index (κ3) is 2.23. The van der Waals surface area contributed by atoms with E-state index in [0.29, 0.717) is 6.04 Å². The molecule has 0 radical (unpaired) electrons. The van der Waals surface area contributed by atoms with Crippen molar-refractivity contribution in [1.29, 1.82) is 0 Å². The average molecular weight is 209 g/mol. The maximum atomic E-state index is 11.6. The molecule has 3 nitrogen and oxygen atoms in total. The molecule has 1 heterocycles. The van der Waals surface area contributed by atoms with E-state index in [9.17, 15) is 4.79 Å². The van der Waals surface area contributed by atoms with Crippen molar-refractivity contribution in [3.05, 3.63) is 12.2 Å². The van der Waals surface area contributed by atoms with Crippen LogP contribution in [0, 0.1) is 0 Å². The highest BCUT2D eigenvalue weighted by atomic mass is 16.5. The zero-order valence-corrected chi connectivity index (χ0v) is 9.32. The van der Waals surface area contributed by atoms with E-state index in [1.54, 1.807) is 0 Å². The quantitative estimate of drug-likeness (QED) is 0.512. The van der Waals surface area contributed by atoms with Crippen LogP contribution in [0.2, 0.25) is 0 Å². The summed E-state index contributed by atoms with van der Waals surface area (Å²) < 4.78 is 4.85. The molecule has 0 amide bonds. The van der Waals surface area contributed by atoms with Crippen LogP contribution in [-0.2, 0) is 9.53 Å². The molecule has 84 valence electrons. The molecular formula is C12H19NO2. The highest BCUT2D eigenvalue weighted by Crippen LogP contribution is 2.26. The van der Waals surface area contributed by atoms with Gasteiger partial charge < -0.3 is 4.74 Å². The highest BCUT2D eigenvalue weighted by Gasteiger charge is 2.35. The minimum Gasteiger partial charge on any atom is -0.468 e. The lowest BCUT2D eigenvalue weighted by atomic mass is 10.0. The summed E-state index contributed by atoms with van der Waals surface area (Å²) in [6, 6.07) is 0.466. The molecule has 3 heteroatoms. The molecule has 1 saturated heterocycles. The molecule has 0 aromatic carbocycles. The van der Waals surface area contributed by atoms with E-state index in [1.807, 2.05) is 0 Å². The summed E-state index contributed by atoms with van der Waals surface area (Å²) in [4.78, 5) is 13.9. The topological polar surface area (TPSA) is 29.5 Å². The van der Waals surface area contributed by atoms with Crippen molar-refractivity contribution in [3.8, 4) is 0 Å². The first-order valence-electron chi connectivity index (χ1n) is 5.83. The summed E-state index contributed by atoms with van der Waals surface area (Å²) >= 11 is 0. The lowest BCUT2D eigenvalue weighted by molar-refractivity contribution is -0.146. The van der Waals surface area contributed by atoms with E-state index in [1.165, 1.54) is 26.4 Å². The largest absolute Gasteiger partial charge is 0.468 e. The number of ether oxygens (including phenoxy) is 1. The van der Waals surface area contributed by atoms with Crippen molar-refractivity contribution in [2.75, 3.05) is 13.7 Å². The van der Waals surface area contributed by atoms with Gasteiger partial charge in [0.15, 0.2) is 0 Å². The zero-order chi connectivity index (χ0) is 10.7. The van der Waals surface area contributed by atoms with E-state index >= 15 is 0 Å². The van der Waals surface area contributed by atoms with Crippen LogP contribution < -0.4 is 0 Å². The van der Waals surface area contributed by atoms with Gasteiger partial charge in [0.1, 0.15) is 6.04 Å². The predicted octanol–water partition coefficient (Wildman–Crippen LogP) is 1.73. The van der Waals surface area contributed by atoms with Crippen LogP contribution in [-0.4, -0.2) is 36.6 Å². The second kappa shape index (κ2) is 4.79. The maximum Gasteiger partial charge on any atom is 0.323 e. The monoisotopic (exact) mass is 209 g/mol. The van der Waals surface area contributed by atoms with Gasteiger partial charge in [0.2, 0.25) is 0 Å². The number of hydrogen-bond donors (Lipinski definition) is 0. The number of esters is 1. The van der Waals surface area contributed by atoms with Crippen LogP contribution in [0.15, 0.2) is 12.2 Å². The van der Waals surface area contributed by atoms with E-state index in [4.69, 9.17) is 4.74 Å². The minimum absolute atomic E-state index is 0.00255. The molecule has 0 bridgehead atoms. The lowest BCUT2D eigenvalue weighted by Crippen LogP contribution is -2.43. The van der Waals surface area contributed by atoms with Gasteiger partial charge in [-0.1, -0.05) is 12.2 Å². The number of carbonyl (C=O) groups is 1. The van der Waals surface area contributed by atoms with Crippen molar-refractivity contribution in [1.82, 2.24) is 4.90 Å². The summed E-state index contributed by atoms with van der Waals surface area (Å²) in [5.74, 6) is -0.0635. The highest BCUT2D eigenvalue weighted by molar-refractivity contribution is 5.76. The Balaban J connectivity index is 2.03. The van der Waals surface area contributed by atoms with Crippen LogP contribution in [0.3, 0.4) is 0 Å². The van der Waals surface area contributed by atoms with E-state index in [2.05, 4.69) is 17.1 Å². The number of allylic oxidation sites excluding steroid dienone is 1. The van der Waals surface area contributed by atoms with Crippen LogP contribution >= 0.6 is 0 Å². The Hall–Kier alpha value is -0.830. The van der Waals surface area contributed by atoms with E-state index in [-0.39, 0.29) is 12.0 Å². The van der Waals surface area contributed by atoms with Gasteiger partial charge in [0.05, 0.1) is 7.11 Å². The van der Waals surface area contributed by atoms with E-state index in [0.717, 1.165) is 19.4 Å². The molecule has 0 spiro atoms. The van der Waals surface area contributed by atoms with Gasteiger partial charge in [0, 0.05) is 6.04 Å². The molecule has 1 fully saturated rings. The molecule has 15 heavy (non-hydrogen) atoms. The average Bonchev–Trinajstić information content (AvgIpc) is 2.78. The molecule has 0 saturated carbocycles. The summed E-state index contributed by atoms with van der Waals surface area (Å²) in [5.41, 5.74) is 0. The first kappa shape index (κ1) is 10.7. The summed E-state index contributed by atoms with van der Waals surface area (Å²) in [6.45, 7) is 1.04. The van der Waals surface area contributed by atoms with Gasteiger partial charge in [-0.15, -0.1) is 0 Å². The number of nitrogens with zero attached hydrogens (tertiary/aromatic N) is 1. The molecular weight excluding hydrogens is 190 g/mol. The number of methoxy groups -OCH3 is 1. The second-order valence-electron chi connectivity index (χ2n) is 4.35. The van der Waals surface area contributed by atoms with Crippen molar-refractivity contribution in [2.45, 2.75) is 44.2 Å². The maximum absolute atomic E-state index is 11.6. The number of likely N-dealkylation sites (tertiary alicyclic amines) is 1. The molecule has 1 aliphatic carbocycles. The number of hydrogen-bond acceptors (Lipinski definition) is 3. The molecule has 2 atom stereocenters. The second-order valence-corrected chi connectivity index (χ2v) is 4.35. The third-order valence-electron chi connectivity index (χ3n) is 3.42. The molecule has 0 aromatic rings. The molecule has 0 N–H and O–H groups in total. The molecule has 2 aliphatic rings. The van der Waals surface area contributed by atoms with Gasteiger partial charge >= 0.3 is 5.97 Å². The van der Waals surface area contributed by atoms with E-state index < -0.39 is 0 Å². The fraction of sp³-hybridized carbons (Fsp3) is 0.750. The van der Waals surface area contributed by atoms with Crippen molar-refractivity contribution in [2.24, 2.45) is 0 Å². The first-order chi connectivity index (χ1) is 7.33. The Bertz CT molecular complexity index is 262. The Labute approximate surface area is 91.1 Å². The smallest absolute Gasteiger partial charge is 0.323 e. The van der Waals surface area contributed by atoms with Crippen molar-refractivity contribution in [3.63, 3.8) is 0 Å². The molecule has 0 aromatic heterocycles. The standard InChI is InChI=1S/C12H19NO2/c1-15-12(14)11-8-5-9-13(11)10-6-3-2-4-7-10/h3,6,10-11H,2,4-5,7-9H2,1H3. The lowest BCUT2D eigenvalue weighted by Gasteiger charge is -2.31. The van der Waals surface area contributed by atoms with Gasteiger partial charge in [0.25, 0.3) is 0 Å². The zero-order valence-electron chi connectivity index (χ0n) is 9.32. The van der Waals surface area contributed by atoms with Crippen LogP contribution in [0.4, 0.5) is 0 Å². The van der Waals surface area contributed by atoms with Crippen LogP contribution in [0.1, 0.15) is 32.1 Å². The Kier molecular flexibility index (Phi) is 3.41.